The Hall–Kier alpha value is -2.53. The van der Waals surface area contributed by atoms with Crippen molar-refractivity contribution in [3.8, 4) is 11.5 Å². The van der Waals surface area contributed by atoms with Gasteiger partial charge in [-0.1, -0.05) is 23.7 Å². The SMILES string of the molecule is Cc1cccc(OC(=O)CNC(=O)COc2ccc(Cl)cc2)c1. The molecule has 120 valence electrons. The summed E-state index contributed by atoms with van der Waals surface area (Å²) in [6.07, 6.45) is 0. The number of rotatable bonds is 6. The molecule has 0 saturated carbocycles. The number of esters is 1. The van der Waals surface area contributed by atoms with Crippen LogP contribution in [0.3, 0.4) is 0 Å². The second-order valence-corrected chi connectivity index (χ2v) is 5.25. The highest BCUT2D eigenvalue weighted by atomic mass is 35.5. The van der Waals surface area contributed by atoms with Gasteiger partial charge in [-0.05, 0) is 48.9 Å². The molecule has 5 nitrogen and oxygen atoms in total. The molecule has 0 atom stereocenters. The molecule has 2 rings (SSSR count). The van der Waals surface area contributed by atoms with Crippen LogP contribution in [-0.2, 0) is 9.59 Å². The first kappa shape index (κ1) is 16.8. The highest BCUT2D eigenvalue weighted by Gasteiger charge is 2.08. The molecular formula is C17H16ClNO4. The Morgan fingerprint density at radius 1 is 1.09 bits per heavy atom. The quantitative estimate of drug-likeness (QED) is 0.652. The molecule has 0 bridgehead atoms. The predicted molar refractivity (Wildman–Crippen MR) is 86.8 cm³/mol. The van der Waals surface area contributed by atoms with E-state index in [-0.39, 0.29) is 13.2 Å². The summed E-state index contributed by atoms with van der Waals surface area (Å²) < 4.78 is 10.4. The molecule has 0 saturated heterocycles. The van der Waals surface area contributed by atoms with Crippen molar-refractivity contribution in [1.29, 1.82) is 0 Å². The van der Waals surface area contributed by atoms with E-state index in [0.717, 1.165) is 5.56 Å². The van der Waals surface area contributed by atoms with Crippen LogP contribution in [0.4, 0.5) is 0 Å². The van der Waals surface area contributed by atoms with Crippen LogP contribution in [0.25, 0.3) is 0 Å². The molecule has 0 aliphatic rings. The summed E-state index contributed by atoms with van der Waals surface area (Å²) in [6, 6.07) is 13.7. The van der Waals surface area contributed by atoms with Crippen molar-refractivity contribution in [2.75, 3.05) is 13.2 Å². The van der Waals surface area contributed by atoms with Crippen molar-refractivity contribution in [2.45, 2.75) is 6.92 Å². The van der Waals surface area contributed by atoms with Crippen LogP contribution in [0.2, 0.25) is 5.02 Å². The van der Waals surface area contributed by atoms with Gasteiger partial charge in [-0.2, -0.15) is 0 Å². The summed E-state index contributed by atoms with van der Waals surface area (Å²) in [5.41, 5.74) is 0.982. The number of hydrogen-bond acceptors (Lipinski definition) is 4. The minimum absolute atomic E-state index is 0.195. The molecule has 2 aromatic carbocycles. The van der Waals surface area contributed by atoms with E-state index in [2.05, 4.69) is 5.32 Å². The topological polar surface area (TPSA) is 64.6 Å². The van der Waals surface area contributed by atoms with Crippen molar-refractivity contribution < 1.29 is 19.1 Å². The number of halogens is 1. The van der Waals surface area contributed by atoms with Crippen molar-refractivity contribution in [2.24, 2.45) is 0 Å². The van der Waals surface area contributed by atoms with Crippen LogP contribution in [0, 0.1) is 6.92 Å². The van der Waals surface area contributed by atoms with Gasteiger partial charge >= 0.3 is 5.97 Å². The summed E-state index contributed by atoms with van der Waals surface area (Å²) >= 11 is 5.75. The molecule has 1 amide bonds. The molecule has 1 N–H and O–H groups in total. The Morgan fingerprint density at radius 2 is 1.83 bits per heavy atom. The van der Waals surface area contributed by atoms with E-state index in [1.165, 1.54) is 0 Å². The summed E-state index contributed by atoms with van der Waals surface area (Å²) in [4.78, 5) is 23.3. The van der Waals surface area contributed by atoms with E-state index in [0.29, 0.717) is 16.5 Å². The van der Waals surface area contributed by atoms with Crippen molar-refractivity contribution in [1.82, 2.24) is 5.32 Å². The maximum Gasteiger partial charge on any atom is 0.330 e. The average molecular weight is 334 g/mol. The number of nitrogens with one attached hydrogen (secondary N) is 1. The van der Waals surface area contributed by atoms with Gasteiger partial charge in [0.2, 0.25) is 0 Å². The van der Waals surface area contributed by atoms with E-state index in [1.807, 2.05) is 13.0 Å². The summed E-state index contributed by atoms with van der Waals surface area (Å²) in [7, 11) is 0. The van der Waals surface area contributed by atoms with E-state index in [9.17, 15) is 9.59 Å². The molecule has 0 fully saturated rings. The lowest BCUT2D eigenvalue weighted by Crippen LogP contribution is -2.35. The number of carbonyl (C=O) groups excluding carboxylic acids is 2. The lowest BCUT2D eigenvalue weighted by Gasteiger charge is -2.08. The Labute approximate surface area is 139 Å². The first-order valence-electron chi connectivity index (χ1n) is 6.95. The molecule has 23 heavy (non-hydrogen) atoms. The lowest BCUT2D eigenvalue weighted by molar-refractivity contribution is -0.135. The van der Waals surface area contributed by atoms with E-state index < -0.39 is 11.9 Å². The molecule has 0 heterocycles. The number of aryl methyl sites for hydroxylation is 1. The molecule has 0 radical (unpaired) electrons. The lowest BCUT2D eigenvalue weighted by atomic mass is 10.2. The molecule has 0 spiro atoms. The zero-order valence-corrected chi connectivity index (χ0v) is 13.3. The summed E-state index contributed by atoms with van der Waals surface area (Å²) in [6.45, 7) is 1.48. The number of ether oxygens (including phenoxy) is 2. The second kappa shape index (κ2) is 8.19. The van der Waals surface area contributed by atoms with Gasteiger partial charge in [0.25, 0.3) is 5.91 Å². The highest BCUT2D eigenvalue weighted by Crippen LogP contribution is 2.15. The average Bonchev–Trinajstić information content (AvgIpc) is 2.52. The maximum absolute atomic E-state index is 11.6. The third kappa shape index (κ3) is 6.00. The van der Waals surface area contributed by atoms with Gasteiger partial charge < -0.3 is 14.8 Å². The second-order valence-electron chi connectivity index (χ2n) is 4.81. The Balaban J connectivity index is 1.71. The normalized spacial score (nSPS) is 10.0. The van der Waals surface area contributed by atoms with E-state index in [4.69, 9.17) is 21.1 Å². The molecule has 0 aromatic heterocycles. The molecule has 0 aliphatic carbocycles. The minimum atomic E-state index is -0.546. The standard InChI is InChI=1S/C17H16ClNO4/c1-12-3-2-4-15(9-12)23-17(21)10-19-16(20)11-22-14-7-5-13(18)6-8-14/h2-9H,10-11H2,1H3,(H,19,20). The summed E-state index contributed by atoms with van der Waals surface area (Å²) in [5, 5.41) is 3.02. The van der Waals surface area contributed by atoms with Gasteiger partial charge in [0, 0.05) is 5.02 Å². The molecule has 0 unspecified atom stereocenters. The van der Waals surface area contributed by atoms with Gasteiger partial charge in [0.1, 0.15) is 18.0 Å². The van der Waals surface area contributed by atoms with Crippen molar-refractivity contribution in [3.05, 3.63) is 59.1 Å². The first-order chi connectivity index (χ1) is 11.0. The van der Waals surface area contributed by atoms with E-state index >= 15 is 0 Å². The third-order valence-corrected chi connectivity index (χ3v) is 3.09. The minimum Gasteiger partial charge on any atom is -0.484 e. The molecule has 0 aliphatic heterocycles. The number of benzene rings is 2. The zero-order valence-electron chi connectivity index (χ0n) is 12.5. The van der Waals surface area contributed by atoms with Gasteiger partial charge in [-0.3, -0.25) is 4.79 Å². The first-order valence-corrected chi connectivity index (χ1v) is 7.33. The fourth-order valence-electron chi connectivity index (χ4n) is 1.75. The fraction of sp³-hybridized carbons (Fsp3) is 0.176. The largest absolute Gasteiger partial charge is 0.484 e. The molecule has 2 aromatic rings. The van der Waals surface area contributed by atoms with Crippen LogP contribution in [-0.4, -0.2) is 25.0 Å². The Morgan fingerprint density at radius 3 is 2.52 bits per heavy atom. The van der Waals surface area contributed by atoms with Gasteiger partial charge in [-0.15, -0.1) is 0 Å². The van der Waals surface area contributed by atoms with Gasteiger partial charge in [0.05, 0.1) is 0 Å². The smallest absolute Gasteiger partial charge is 0.330 e. The predicted octanol–water partition coefficient (Wildman–Crippen LogP) is 2.75. The van der Waals surface area contributed by atoms with Crippen molar-refractivity contribution in [3.63, 3.8) is 0 Å². The Bertz CT molecular complexity index is 685. The fourth-order valence-corrected chi connectivity index (χ4v) is 1.87. The van der Waals surface area contributed by atoms with Crippen LogP contribution in [0.1, 0.15) is 5.56 Å². The van der Waals surface area contributed by atoms with Crippen LogP contribution in [0.15, 0.2) is 48.5 Å². The third-order valence-electron chi connectivity index (χ3n) is 2.83. The van der Waals surface area contributed by atoms with Crippen LogP contribution < -0.4 is 14.8 Å². The molecule has 6 heteroatoms. The van der Waals surface area contributed by atoms with Crippen molar-refractivity contribution >= 4 is 23.5 Å². The number of carbonyl (C=O) groups is 2. The van der Waals surface area contributed by atoms with Crippen LogP contribution in [0.5, 0.6) is 11.5 Å². The molecular weight excluding hydrogens is 318 g/mol. The maximum atomic E-state index is 11.6. The highest BCUT2D eigenvalue weighted by molar-refractivity contribution is 6.30. The van der Waals surface area contributed by atoms with E-state index in [1.54, 1.807) is 42.5 Å². The summed E-state index contributed by atoms with van der Waals surface area (Å²) in [5.74, 6) is 0.00476. The number of hydrogen-bond donors (Lipinski definition) is 1. The Kier molecular flexibility index (Phi) is 6.00. The van der Waals surface area contributed by atoms with Crippen LogP contribution >= 0.6 is 11.6 Å². The van der Waals surface area contributed by atoms with Gasteiger partial charge in [-0.25, -0.2) is 4.79 Å². The zero-order chi connectivity index (χ0) is 16.7. The monoisotopic (exact) mass is 333 g/mol. The number of amides is 1. The van der Waals surface area contributed by atoms with Gasteiger partial charge in [0.15, 0.2) is 6.61 Å².